The van der Waals surface area contributed by atoms with E-state index in [0.29, 0.717) is 18.8 Å². The number of nitrogens with one attached hydrogen (secondary N) is 3. The van der Waals surface area contributed by atoms with Gasteiger partial charge in [-0.2, -0.15) is 0 Å². The first kappa shape index (κ1) is 15.0. The number of ether oxygens (including phenoxy) is 1. The van der Waals surface area contributed by atoms with Crippen LogP contribution < -0.4 is 20.7 Å². The quantitative estimate of drug-likeness (QED) is 0.555. The third-order valence-corrected chi connectivity index (χ3v) is 2.26. The van der Waals surface area contributed by atoms with E-state index in [2.05, 4.69) is 16.0 Å². The number of hydrogen-bond acceptors (Lipinski definition) is 4. The van der Waals surface area contributed by atoms with Crippen molar-refractivity contribution >= 4 is 11.8 Å². The lowest BCUT2D eigenvalue weighted by Crippen LogP contribution is -2.40. The molecule has 0 saturated carbocycles. The van der Waals surface area contributed by atoms with Gasteiger partial charge in [0.25, 0.3) is 5.91 Å². The minimum absolute atomic E-state index is 0.0410. The number of rotatable bonds is 8. The van der Waals surface area contributed by atoms with E-state index in [1.165, 1.54) is 0 Å². The van der Waals surface area contributed by atoms with E-state index in [9.17, 15) is 9.59 Å². The smallest absolute Gasteiger partial charge is 0.258 e. The van der Waals surface area contributed by atoms with Crippen molar-refractivity contribution in [3.8, 4) is 5.75 Å². The number of para-hydroxylation sites is 1. The summed E-state index contributed by atoms with van der Waals surface area (Å²) in [5.74, 6) is 0.0760. The predicted octanol–water partition coefficient (Wildman–Crippen LogP) is -0.483. The van der Waals surface area contributed by atoms with Crippen molar-refractivity contribution in [1.29, 1.82) is 0 Å². The first-order valence-corrected chi connectivity index (χ1v) is 6.08. The summed E-state index contributed by atoms with van der Waals surface area (Å²) in [6.45, 7) is 1.08. The van der Waals surface area contributed by atoms with Crippen molar-refractivity contribution in [1.82, 2.24) is 16.0 Å². The molecule has 1 aromatic carbocycles. The van der Waals surface area contributed by atoms with Gasteiger partial charge in [0.2, 0.25) is 5.91 Å². The molecular weight excluding hydrogens is 246 g/mol. The minimum Gasteiger partial charge on any atom is -0.484 e. The molecule has 0 spiro atoms. The third kappa shape index (κ3) is 7.05. The molecule has 0 fully saturated rings. The van der Waals surface area contributed by atoms with E-state index >= 15 is 0 Å². The maximum absolute atomic E-state index is 11.4. The van der Waals surface area contributed by atoms with Gasteiger partial charge in [0.15, 0.2) is 6.61 Å². The van der Waals surface area contributed by atoms with Crippen molar-refractivity contribution in [2.75, 3.05) is 33.3 Å². The number of carbonyl (C=O) groups excluding carboxylic acids is 2. The summed E-state index contributed by atoms with van der Waals surface area (Å²) in [5.41, 5.74) is 0. The van der Waals surface area contributed by atoms with Crippen molar-refractivity contribution < 1.29 is 14.3 Å². The number of hydrogen-bond donors (Lipinski definition) is 3. The Morgan fingerprint density at radius 3 is 2.47 bits per heavy atom. The topological polar surface area (TPSA) is 79.5 Å². The molecule has 0 aliphatic carbocycles. The van der Waals surface area contributed by atoms with Gasteiger partial charge in [-0.3, -0.25) is 9.59 Å². The number of carbonyl (C=O) groups is 2. The predicted molar refractivity (Wildman–Crippen MR) is 71.9 cm³/mol. The second kappa shape index (κ2) is 8.93. The Hall–Kier alpha value is -2.08. The molecular formula is C13H19N3O3. The molecule has 0 saturated heterocycles. The van der Waals surface area contributed by atoms with E-state index in [1.54, 1.807) is 19.2 Å². The molecule has 0 atom stereocenters. The lowest BCUT2D eigenvalue weighted by Gasteiger charge is -2.08. The normalized spacial score (nSPS) is 9.74. The SMILES string of the molecule is CNCCNC(=O)CNC(=O)COc1ccccc1. The van der Waals surface area contributed by atoms with Crippen LogP contribution in [0.3, 0.4) is 0 Å². The molecule has 3 N–H and O–H groups in total. The number of amides is 2. The highest BCUT2D eigenvalue weighted by atomic mass is 16.5. The van der Waals surface area contributed by atoms with Gasteiger partial charge in [0.05, 0.1) is 6.54 Å². The summed E-state index contributed by atoms with van der Waals surface area (Å²) < 4.78 is 5.24. The second-order valence-electron chi connectivity index (χ2n) is 3.83. The largest absolute Gasteiger partial charge is 0.484 e. The average molecular weight is 265 g/mol. The van der Waals surface area contributed by atoms with Gasteiger partial charge in [0, 0.05) is 13.1 Å². The monoisotopic (exact) mass is 265 g/mol. The van der Waals surface area contributed by atoms with Crippen LogP contribution in [0.4, 0.5) is 0 Å². The van der Waals surface area contributed by atoms with E-state index in [0.717, 1.165) is 0 Å². The molecule has 1 aromatic rings. The zero-order valence-corrected chi connectivity index (χ0v) is 10.9. The first-order chi connectivity index (χ1) is 9.22. The fraction of sp³-hybridized carbons (Fsp3) is 0.385. The average Bonchev–Trinajstić information content (AvgIpc) is 2.44. The molecule has 6 heteroatoms. The van der Waals surface area contributed by atoms with Crippen LogP contribution in [0.1, 0.15) is 0 Å². The zero-order valence-electron chi connectivity index (χ0n) is 10.9. The van der Waals surface area contributed by atoms with Crippen LogP contribution in [-0.4, -0.2) is 45.1 Å². The molecule has 0 heterocycles. The molecule has 1 rings (SSSR count). The molecule has 0 aliphatic heterocycles. The molecule has 0 unspecified atom stereocenters. The lowest BCUT2D eigenvalue weighted by molar-refractivity contribution is -0.127. The summed E-state index contributed by atoms with van der Waals surface area (Å²) >= 11 is 0. The molecule has 19 heavy (non-hydrogen) atoms. The van der Waals surface area contributed by atoms with Crippen LogP contribution in [0.5, 0.6) is 5.75 Å². The van der Waals surface area contributed by atoms with Gasteiger partial charge in [-0.05, 0) is 19.2 Å². The number of likely N-dealkylation sites (N-methyl/N-ethyl adjacent to an activating group) is 1. The standard InChI is InChI=1S/C13H19N3O3/c1-14-7-8-15-12(17)9-16-13(18)10-19-11-5-3-2-4-6-11/h2-6,14H,7-10H2,1H3,(H,15,17)(H,16,18). The highest BCUT2D eigenvalue weighted by Crippen LogP contribution is 2.07. The summed E-state index contributed by atoms with van der Waals surface area (Å²) in [7, 11) is 1.80. The van der Waals surface area contributed by atoms with Gasteiger partial charge in [-0.1, -0.05) is 18.2 Å². The van der Waals surface area contributed by atoms with Crippen molar-refractivity contribution in [2.24, 2.45) is 0 Å². The first-order valence-electron chi connectivity index (χ1n) is 6.08. The Morgan fingerprint density at radius 2 is 1.79 bits per heavy atom. The maximum Gasteiger partial charge on any atom is 0.258 e. The molecule has 0 aliphatic rings. The van der Waals surface area contributed by atoms with Crippen molar-refractivity contribution in [3.05, 3.63) is 30.3 Å². The van der Waals surface area contributed by atoms with Crippen LogP contribution in [-0.2, 0) is 9.59 Å². The van der Waals surface area contributed by atoms with E-state index < -0.39 is 0 Å². The Kier molecular flexibility index (Phi) is 7.04. The summed E-state index contributed by atoms with van der Waals surface area (Å²) in [5, 5.41) is 8.04. The third-order valence-electron chi connectivity index (χ3n) is 2.26. The van der Waals surface area contributed by atoms with Crippen LogP contribution in [0, 0.1) is 0 Å². The van der Waals surface area contributed by atoms with Gasteiger partial charge < -0.3 is 20.7 Å². The number of benzene rings is 1. The Labute approximate surface area is 112 Å². The van der Waals surface area contributed by atoms with Gasteiger partial charge >= 0.3 is 0 Å². The molecule has 2 amide bonds. The highest BCUT2D eigenvalue weighted by molar-refractivity contribution is 5.85. The molecule has 0 bridgehead atoms. The summed E-state index contributed by atoms with van der Waals surface area (Å²) in [6.07, 6.45) is 0. The Balaban J connectivity index is 2.12. The summed E-state index contributed by atoms with van der Waals surface area (Å²) in [4.78, 5) is 22.7. The lowest BCUT2D eigenvalue weighted by atomic mass is 10.3. The molecule has 104 valence electrons. The molecule has 0 aromatic heterocycles. The zero-order chi connectivity index (χ0) is 13.9. The maximum atomic E-state index is 11.4. The molecule has 0 radical (unpaired) electrons. The molecule has 6 nitrogen and oxygen atoms in total. The van der Waals surface area contributed by atoms with Gasteiger partial charge in [-0.15, -0.1) is 0 Å². The highest BCUT2D eigenvalue weighted by Gasteiger charge is 2.05. The Bertz CT molecular complexity index is 395. The fourth-order valence-electron chi connectivity index (χ4n) is 1.28. The van der Waals surface area contributed by atoms with Crippen molar-refractivity contribution in [2.45, 2.75) is 0 Å². The second-order valence-corrected chi connectivity index (χ2v) is 3.83. The van der Waals surface area contributed by atoms with Crippen LogP contribution in [0.2, 0.25) is 0 Å². The van der Waals surface area contributed by atoms with Crippen LogP contribution >= 0.6 is 0 Å². The fourth-order valence-corrected chi connectivity index (χ4v) is 1.28. The van der Waals surface area contributed by atoms with E-state index in [-0.39, 0.29) is 25.0 Å². The van der Waals surface area contributed by atoms with Crippen LogP contribution in [0.25, 0.3) is 0 Å². The summed E-state index contributed by atoms with van der Waals surface area (Å²) in [6, 6.07) is 9.03. The van der Waals surface area contributed by atoms with E-state index in [1.807, 2.05) is 18.2 Å². The van der Waals surface area contributed by atoms with E-state index in [4.69, 9.17) is 4.74 Å². The van der Waals surface area contributed by atoms with Gasteiger partial charge in [-0.25, -0.2) is 0 Å². The Morgan fingerprint density at radius 1 is 1.05 bits per heavy atom. The van der Waals surface area contributed by atoms with Crippen LogP contribution in [0.15, 0.2) is 30.3 Å². The van der Waals surface area contributed by atoms with Gasteiger partial charge in [0.1, 0.15) is 5.75 Å². The minimum atomic E-state index is -0.326. The van der Waals surface area contributed by atoms with Crippen molar-refractivity contribution in [3.63, 3.8) is 0 Å².